The van der Waals surface area contributed by atoms with Crippen LogP contribution < -0.4 is 20.9 Å². The summed E-state index contributed by atoms with van der Waals surface area (Å²) in [6.07, 6.45) is 4.79. The van der Waals surface area contributed by atoms with E-state index in [1.165, 1.54) is 0 Å². The number of nitrogens with one attached hydrogen (secondary N) is 3. The first-order valence-electron chi connectivity index (χ1n) is 13.1. The Morgan fingerprint density at radius 2 is 1.68 bits per heavy atom. The molecule has 2 amide bonds. The Labute approximate surface area is 216 Å². The number of fused-ring (bicyclic) bond motifs is 1. The molecule has 1 aromatic carbocycles. The van der Waals surface area contributed by atoms with E-state index in [0.29, 0.717) is 30.5 Å². The van der Waals surface area contributed by atoms with Gasteiger partial charge >= 0.3 is 6.09 Å². The summed E-state index contributed by atoms with van der Waals surface area (Å²) < 4.78 is 0. The van der Waals surface area contributed by atoms with E-state index < -0.39 is 6.09 Å². The zero-order chi connectivity index (χ0) is 25.6. The van der Waals surface area contributed by atoms with Gasteiger partial charge in [0.05, 0.1) is 16.8 Å². The summed E-state index contributed by atoms with van der Waals surface area (Å²) in [5.74, 6) is 1.64. The van der Waals surface area contributed by atoms with Gasteiger partial charge in [0.2, 0.25) is 0 Å². The largest absolute Gasteiger partial charge is 0.465 e. The third kappa shape index (κ3) is 6.17. The smallest absolute Gasteiger partial charge is 0.404 e. The second kappa shape index (κ2) is 11.6. The van der Waals surface area contributed by atoms with Crippen LogP contribution in [0.5, 0.6) is 0 Å². The highest BCUT2D eigenvalue weighted by Crippen LogP contribution is 2.29. The van der Waals surface area contributed by atoms with Gasteiger partial charge in [-0.15, -0.1) is 0 Å². The van der Waals surface area contributed by atoms with Crippen LogP contribution in [0.4, 0.5) is 10.6 Å². The van der Waals surface area contributed by atoms with E-state index >= 15 is 0 Å². The number of pyridine rings is 2. The van der Waals surface area contributed by atoms with Crippen LogP contribution in [-0.2, 0) is 0 Å². The van der Waals surface area contributed by atoms with Crippen molar-refractivity contribution in [3.05, 3.63) is 54.2 Å². The second-order valence-electron chi connectivity index (χ2n) is 10.00. The van der Waals surface area contributed by atoms with E-state index in [2.05, 4.69) is 25.8 Å². The lowest BCUT2D eigenvalue weighted by atomic mass is 9.82. The van der Waals surface area contributed by atoms with Gasteiger partial charge < -0.3 is 26.0 Å². The van der Waals surface area contributed by atoms with Gasteiger partial charge in [-0.25, -0.2) is 14.8 Å². The quantitative estimate of drug-likeness (QED) is 0.390. The van der Waals surface area contributed by atoms with Gasteiger partial charge in [0.15, 0.2) is 0 Å². The van der Waals surface area contributed by atoms with Gasteiger partial charge in [-0.05, 0) is 61.8 Å². The van der Waals surface area contributed by atoms with Crippen LogP contribution in [0.3, 0.4) is 0 Å². The molecule has 9 nitrogen and oxygen atoms in total. The molecule has 0 bridgehead atoms. The molecule has 0 unspecified atom stereocenters. The number of carbonyl (C=O) groups excluding carboxylic acids is 1. The van der Waals surface area contributed by atoms with E-state index in [1.807, 2.05) is 48.7 Å². The molecule has 0 radical (unpaired) electrons. The minimum Gasteiger partial charge on any atom is -0.465 e. The minimum absolute atomic E-state index is 0.0973. The minimum atomic E-state index is -0.968. The average Bonchev–Trinajstić information content (AvgIpc) is 2.95. The molecule has 2 fully saturated rings. The fourth-order valence-electron chi connectivity index (χ4n) is 5.33. The lowest BCUT2D eigenvalue weighted by Crippen LogP contribution is -2.43. The molecule has 4 N–H and O–H groups in total. The third-order valence-corrected chi connectivity index (χ3v) is 7.51. The van der Waals surface area contributed by atoms with Crippen LogP contribution in [-0.4, -0.2) is 66.3 Å². The maximum absolute atomic E-state index is 13.3. The maximum Gasteiger partial charge on any atom is 0.404 e. The Kier molecular flexibility index (Phi) is 7.79. The lowest BCUT2D eigenvalue weighted by molar-refractivity contribution is 0.0942. The first kappa shape index (κ1) is 25.0. The van der Waals surface area contributed by atoms with Crippen LogP contribution in [0.25, 0.3) is 22.2 Å². The SMILES string of the molecule is O=C(O)NC[C@H]1CC[C@H](CNC(=O)c2cc(-c3ccc(N4CCNCC4)nc3)nc3ccccc23)CC1. The number of nitrogens with zero attached hydrogens (tertiary/aromatic N) is 3. The Balaban J connectivity index is 1.27. The zero-order valence-corrected chi connectivity index (χ0v) is 20.9. The van der Waals surface area contributed by atoms with Crippen molar-refractivity contribution in [2.24, 2.45) is 11.8 Å². The van der Waals surface area contributed by atoms with E-state index in [1.54, 1.807) is 0 Å². The monoisotopic (exact) mass is 502 g/mol. The summed E-state index contributed by atoms with van der Waals surface area (Å²) in [6, 6.07) is 13.7. The van der Waals surface area contributed by atoms with Gasteiger partial charge in [-0.1, -0.05) is 18.2 Å². The van der Waals surface area contributed by atoms with Crippen molar-refractivity contribution in [2.75, 3.05) is 44.2 Å². The topological polar surface area (TPSA) is 119 Å². The van der Waals surface area contributed by atoms with E-state index in [9.17, 15) is 9.59 Å². The third-order valence-electron chi connectivity index (χ3n) is 7.51. The molecular formula is C28H34N6O3. The second-order valence-corrected chi connectivity index (χ2v) is 10.00. The molecule has 5 rings (SSSR count). The molecule has 1 aliphatic carbocycles. The molecule has 37 heavy (non-hydrogen) atoms. The molecule has 3 heterocycles. The Bertz CT molecular complexity index is 1230. The van der Waals surface area contributed by atoms with Crippen molar-refractivity contribution in [3.8, 4) is 11.3 Å². The summed E-state index contributed by atoms with van der Waals surface area (Å²) in [6.45, 7) is 4.91. The average molecular weight is 503 g/mol. The molecule has 1 saturated heterocycles. The molecule has 0 spiro atoms. The number of carboxylic acid groups (broad SMARTS) is 1. The van der Waals surface area contributed by atoms with Crippen molar-refractivity contribution >= 4 is 28.7 Å². The fourth-order valence-corrected chi connectivity index (χ4v) is 5.33. The first-order valence-corrected chi connectivity index (χ1v) is 13.1. The van der Waals surface area contributed by atoms with Crippen molar-refractivity contribution < 1.29 is 14.7 Å². The molecule has 0 atom stereocenters. The Morgan fingerprint density at radius 3 is 2.35 bits per heavy atom. The number of piperazine rings is 1. The fraction of sp³-hybridized carbons (Fsp3) is 0.429. The number of aromatic nitrogens is 2. The van der Waals surface area contributed by atoms with Crippen molar-refractivity contribution in [3.63, 3.8) is 0 Å². The van der Waals surface area contributed by atoms with E-state index in [-0.39, 0.29) is 5.91 Å². The number of anilines is 1. The van der Waals surface area contributed by atoms with E-state index in [4.69, 9.17) is 10.1 Å². The van der Waals surface area contributed by atoms with Gasteiger partial charge in [0.25, 0.3) is 5.91 Å². The predicted molar refractivity (Wildman–Crippen MR) is 144 cm³/mol. The summed E-state index contributed by atoms with van der Waals surface area (Å²) in [4.78, 5) is 35.9. The summed E-state index contributed by atoms with van der Waals surface area (Å²) in [5.41, 5.74) is 3.01. The van der Waals surface area contributed by atoms with Crippen LogP contribution >= 0.6 is 0 Å². The molecule has 2 aromatic heterocycles. The first-order chi connectivity index (χ1) is 18.1. The van der Waals surface area contributed by atoms with Crippen LogP contribution in [0, 0.1) is 11.8 Å². The molecule has 1 aliphatic heterocycles. The molecule has 1 saturated carbocycles. The highest BCUT2D eigenvalue weighted by Gasteiger charge is 2.23. The van der Waals surface area contributed by atoms with Gasteiger partial charge in [0, 0.05) is 56.4 Å². The molecule has 9 heteroatoms. The van der Waals surface area contributed by atoms with E-state index in [0.717, 1.165) is 79.8 Å². The van der Waals surface area contributed by atoms with Crippen LogP contribution in [0.1, 0.15) is 36.0 Å². The van der Waals surface area contributed by atoms with Crippen molar-refractivity contribution in [1.82, 2.24) is 25.9 Å². The van der Waals surface area contributed by atoms with Crippen LogP contribution in [0.2, 0.25) is 0 Å². The van der Waals surface area contributed by atoms with Crippen LogP contribution in [0.15, 0.2) is 48.7 Å². The molecule has 3 aromatic rings. The highest BCUT2D eigenvalue weighted by molar-refractivity contribution is 6.07. The predicted octanol–water partition coefficient (Wildman–Crippen LogP) is 3.51. The molecular weight excluding hydrogens is 468 g/mol. The number of para-hydroxylation sites is 1. The standard InChI is InChI=1S/C28H34N6O3/c35-27(31-16-19-5-7-20(8-6-19)17-32-28(36)37)23-15-25(33-24-4-2-1-3-22(23)24)21-9-10-26(30-18-21)34-13-11-29-12-14-34/h1-4,9-10,15,18-20,29,32H,5-8,11-14,16-17H2,(H,31,35)(H,36,37)/t19-,20-. The summed E-state index contributed by atoms with van der Waals surface area (Å²) in [5, 5.41) is 18.6. The Morgan fingerprint density at radius 1 is 0.973 bits per heavy atom. The van der Waals surface area contributed by atoms with Crippen molar-refractivity contribution in [2.45, 2.75) is 25.7 Å². The number of rotatable bonds is 7. The van der Waals surface area contributed by atoms with Gasteiger partial charge in [0.1, 0.15) is 5.82 Å². The molecule has 194 valence electrons. The van der Waals surface area contributed by atoms with Gasteiger partial charge in [-0.2, -0.15) is 0 Å². The zero-order valence-electron chi connectivity index (χ0n) is 20.9. The summed E-state index contributed by atoms with van der Waals surface area (Å²) in [7, 11) is 0. The maximum atomic E-state index is 13.3. The van der Waals surface area contributed by atoms with Gasteiger partial charge in [-0.3, -0.25) is 4.79 Å². The summed E-state index contributed by atoms with van der Waals surface area (Å²) >= 11 is 0. The number of benzene rings is 1. The van der Waals surface area contributed by atoms with Crippen molar-refractivity contribution in [1.29, 1.82) is 0 Å². The number of carbonyl (C=O) groups is 2. The highest BCUT2D eigenvalue weighted by atomic mass is 16.4. The number of hydrogen-bond donors (Lipinski definition) is 4. The number of amides is 2. The lowest BCUT2D eigenvalue weighted by Gasteiger charge is -2.28. The number of hydrogen-bond acceptors (Lipinski definition) is 6. The molecule has 2 aliphatic rings. The normalized spacial score (nSPS) is 19.9. The Hall–Kier alpha value is -3.72.